The van der Waals surface area contributed by atoms with E-state index in [0.29, 0.717) is 0 Å². The largest absolute Gasteiger partial charge is 0.548 e. The summed E-state index contributed by atoms with van der Waals surface area (Å²) in [6.07, 6.45) is 0. The molecule has 13 heavy (non-hydrogen) atoms. The summed E-state index contributed by atoms with van der Waals surface area (Å²) in [5, 5.41) is 9.86. The average Bonchev–Trinajstić information content (AvgIpc) is 2.02. The first-order valence-corrected chi connectivity index (χ1v) is 4.87. The van der Waals surface area contributed by atoms with Crippen molar-refractivity contribution in [3.63, 3.8) is 0 Å². The number of carbonyl (C=O) groups is 2. The Kier molecular flexibility index (Phi) is 6.87. The van der Waals surface area contributed by atoms with Crippen LogP contribution in [0.15, 0.2) is 0 Å². The molecule has 5 nitrogen and oxygen atoms in total. The maximum absolute atomic E-state index is 10.8. The van der Waals surface area contributed by atoms with Crippen molar-refractivity contribution in [1.82, 2.24) is 0 Å². The number of carboxylic acids is 1. The highest BCUT2D eigenvalue weighted by atomic mass is 127. The lowest BCUT2D eigenvalue weighted by Gasteiger charge is -2.07. The molecule has 0 saturated heterocycles. The van der Waals surface area contributed by atoms with Crippen LogP contribution in [-0.4, -0.2) is 35.7 Å². The lowest BCUT2D eigenvalue weighted by Crippen LogP contribution is -2.28. The Morgan fingerprint density at radius 3 is 2.54 bits per heavy atom. The molecule has 6 heteroatoms. The number of hydrogen-bond acceptors (Lipinski definition) is 5. The number of ether oxygens (including phenoxy) is 2. The van der Waals surface area contributed by atoms with E-state index >= 15 is 0 Å². The van der Waals surface area contributed by atoms with Crippen molar-refractivity contribution in [3.8, 4) is 0 Å². The van der Waals surface area contributed by atoms with Gasteiger partial charge >= 0.3 is 5.97 Å². The standard InChI is InChI=1S/C7H11IO5/c1-5(8)7(11)13-3-2-12-4-6(9)10/h5H,2-4H2,1H3,(H,9,10)/p-1. The van der Waals surface area contributed by atoms with Gasteiger partial charge in [0, 0.05) is 0 Å². The molecule has 0 aliphatic rings. The van der Waals surface area contributed by atoms with E-state index in [2.05, 4.69) is 4.74 Å². The molecule has 0 spiro atoms. The van der Waals surface area contributed by atoms with Gasteiger partial charge in [0.2, 0.25) is 0 Å². The van der Waals surface area contributed by atoms with Gasteiger partial charge in [-0.1, -0.05) is 22.6 Å². The maximum Gasteiger partial charge on any atom is 0.318 e. The molecular weight excluding hydrogens is 291 g/mol. The summed E-state index contributed by atoms with van der Waals surface area (Å²) >= 11 is 1.92. The van der Waals surface area contributed by atoms with E-state index in [4.69, 9.17) is 4.74 Å². The van der Waals surface area contributed by atoms with Crippen molar-refractivity contribution in [1.29, 1.82) is 0 Å². The summed E-state index contributed by atoms with van der Waals surface area (Å²) in [5.41, 5.74) is 0. The number of carboxylic acid groups (broad SMARTS) is 1. The predicted octanol–water partition coefficient (Wildman–Crippen LogP) is -0.880. The van der Waals surface area contributed by atoms with Crippen molar-refractivity contribution in [2.45, 2.75) is 10.8 Å². The maximum atomic E-state index is 10.8. The van der Waals surface area contributed by atoms with Crippen molar-refractivity contribution in [2.75, 3.05) is 19.8 Å². The molecule has 0 N–H and O–H groups in total. The molecule has 0 aromatic carbocycles. The fourth-order valence-corrected chi connectivity index (χ4v) is 0.651. The molecule has 0 aliphatic heterocycles. The van der Waals surface area contributed by atoms with Gasteiger partial charge in [0.15, 0.2) is 0 Å². The number of esters is 1. The van der Waals surface area contributed by atoms with E-state index in [1.165, 1.54) is 0 Å². The van der Waals surface area contributed by atoms with Gasteiger partial charge < -0.3 is 19.4 Å². The van der Waals surface area contributed by atoms with Crippen LogP contribution < -0.4 is 5.11 Å². The molecule has 1 atom stereocenters. The minimum Gasteiger partial charge on any atom is -0.548 e. The summed E-state index contributed by atoms with van der Waals surface area (Å²) in [7, 11) is 0. The van der Waals surface area contributed by atoms with Crippen LogP contribution in [0.3, 0.4) is 0 Å². The molecule has 0 bridgehead atoms. The molecule has 76 valence electrons. The molecule has 0 heterocycles. The van der Waals surface area contributed by atoms with E-state index in [0.717, 1.165) is 0 Å². The van der Waals surface area contributed by atoms with Crippen LogP contribution in [0.4, 0.5) is 0 Å². The Hall–Kier alpha value is -0.370. The Bertz CT molecular complexity index is 180. The topological polar surface area (TPSA) is 75.7 Å². The first kappa shape index (κ1) is 12.6. The van der Waals surface area contributed by atoms with Gasteiger partial charge in [0.05, 0.1) is 19.2 Å². The van der Waals surface area contributed by atoms with Crippen molar-refractivity contribution in [3.05, 3.63) is 0 Å². The summed E-state index contributed by atoms with van der Waals surface area (Å²) < 4.78 is 9.07. The molecule has 0 aromatic rings. The van der Waals surface area contributed by atoms with Crippen LogP contribution in [0.25, 0.3) is 0 Å². The molecule has 0 aliphatic carbocycles. The fourth-order valence-electron chi connectivity index (χ4n) is 0.472. The SMILES string of the molecule is CC(I)C(=O)OCCOCC(=O)[O-]. The fraction of sp³-hybridized carbons (Fsp3) is 0.714. The lowest BCUT2D eigenvalue weighted by atomic mass is 10.5. The van der Waals surface area contributed by atoms with Crippen molar-refractivity contribution < 1.29 is 24.2 Å². The quantitative estimate of drug-likeness (QED) is 0.276. The van der Waals surface area contributed by atoms with Crippen LogP contribution in [0.1, 0.15) is 6.92 Å². The van der Waals surface area contributed by atoms with Crippen molar-refractivity contribution in [2.24, 2.45) is 0 Å². The second-order valence-corrected chi connectivity index (χ2v) is 4.08. The van der Waals surface area contributed by atoms with Crippen LogP contribution in [0.2, 0.25) is 0 Å². The number of aliphatic carboxylic acids is 1. The number of rotatable bonds is 6. The second kappa shape index (κ2) is 7.07. The Morgan fingerprint density at radius 2 is 2.08 bits per heavy atom. The van der Waals surface area contributed by atoms with E-state index < -0.39 is 12.6 Å². The zero-order valence-corrected chi connectivity index (χ0v) is 9.28. The van der Waals surface area contributed by atoms with Crippen LogP contribution in [0, 0.1) is 0 Å². The van der Waals surface area contributed by atoms with Gasteiger partial charge in [-0.25, -0.2) is 0 Å². The molecular formula is C7H10IO5-. The summed E-state index contributed by atoms with van der Waals surface area (Å²) in [5.74, 6) is -1.62. The first-order valence-electron chi connectivity index (χ1n) is 3.62. The monoisotopic (exact) mass is 301 g/mol. The van der Waals surface area contributed by atoms with Gasteiger partial charge in [-0.15, -0.1) is 0 Å². The molecule has 0 amide bonds. The predicted molar refractivity (Wildman–Crippen MR) is 50.3 cm³/mol. The zero-order chi connectivity index (χ0) is 10.3. The second-order valence-electron chi connectivity index (χ2n) is 2.21. The summed E-state index contributed by atoms with van der Waals surface area (Å²) in [6.45, 7) is 1.37. The Labute approximate surface area is 89.5 Å². The number of carbonyl (C=O) groups excluding carboxylic acids is 2. The van der Waals surface area contributed by atoms with E-state index in [1.807, 2.05) is 22.6 Å². The van der Waals surface area contributed by atoms with Crippen molar-refractivity contribution >= 4 is 34.5 Å². The number of halogens is 1. The zero-order valence-electron chi connectivity index (χ0n) is 7.12. The third-order valence-electron chi connectivity index (χ3n) is 1.02. The lowest BCUT2D eigenvalue weighted by molar-refractivity contribution is -0.309. The van der Waals surface area contributed by atoms with Gasteiger partial charge in [-0.3, -0.25) is 4.79 Å². The van der Waals surface area contributed by atoms with Crippen LogP contribution in [-0.2, 0) is 19.1 Å². The number of alkyl halides is 1. The van der Waals surface area contributed by atoms with Gasteiger partial charge in [0.25, 0.3) is 0 Å². The molecule has 0 saturated carbocycles. The minimum atomic E-state index is -1.28. The first-order chi connectivity index (χ1) is 6.04. The van der Waals surface area contributed by atoms with E-state index in [1.54, 1.807) is 6.92 Å². The van der Waals surface area contributed by atoms with Gasteiger partial charge in [-0.05, 0) is 6.92 Å². The molecule has 0 aromatic heterocycles. The smallest absolute Gasteiger partial charge is 0.318 e. The summed E-state index contributed by atoms with van der Waals surface area (Å²) in [6, 6.07) is 0. The molecule has 1 unspecified atom stereocenters. The average molecular weight is 301 g/mol. The highest BCUT2D eigenvalue weighted by molar-refractivity contribution is 14.1. The third kappa shape index (κ3) is 7.97. The molecule has 0 fully saturated rings. The van der Waals surface area contributed by atoms with Gasteiger partial charge in [-0.2, -0.15) is 0 Å². The van der Waals surface area contributed by atoms with E-state index in [-0.39, 0.29) is 23.1 Å². The van der Waals surface area contributed by atoms with Gasteiger partial charge in [0.1, 0.15) is 10.5 Å². The highest BCUT2D eigenvalue weighted by Gasteiger charge is 2.08. The van der Waals surface area contributed by atoms with E-state index in [9.17, 15) is 14.7 Å². The van der Waals surface area contributed by atoms with Crippen LogP contribution >= 0.6 is 22.6 Å². The highest BCUT2D eigenvalue weighted by Crippen LogP contribution is 2.00. The molecule has 0 rings (SSSR count). The third-order valence-corrected chi connectivity index (χ3v) is 1.53. The Morgan fingerprint density at radius 1 is 1.46 bits per heavy atom. The normalized spacial score (nSPS) is 12.2. The molecule has 0 radical (unpaired) electrons. The number of hydrogen-bond donors (Lipinski definition) is 0. The van der Waals surface area contributed by atoms with Crippen LogP contribution in [0.5, 0.6) is 0 Å². The Balaban J connectivity index is 3.26. The minimum absolute atomic E-state index is 0.0689. The summed E-state index contributed by atoms with van der Waals surface area (Å²) in [4.78, 5) is 20.7.